The largest absolute Gasteiger partial charge is 0.451 e. The smallest absolute Gasteiger partial charge is 0.427 e. The van der Waals surface area contributed by atoms with Gasteiger partial charge in [0.15, 0.2) is 0 Å². The molecule has 0 aliphatic carbocycles. The van der Waals surface area contributed by atoms with E-state index in [0.717, 1.165) is 38.8 Å². The molecular formula is C11H27BN2O2. The highest BCUT2D eigenvalue weighted by Crippen LogP contribution is 2.06. The van der Waals surface area contributed by atoms with Gasteiger partial charge in [-0.1, -0.05) is 19.8 Å². The van der Waals surface area contributed by atoms with Gasteiger partial charge in [0.2, 0.25) is 0 Å². The van der Waals surface area contributed by atoms with Crippen LogP contribution in [0.2, 0.25) is 6.32 Å². The predicted octanol–water partition coefficient (Wildman–Crippen LogP) is 0.689. The van der Waals surface area contributed by atoms with Crippen molar-refractivity contribution >= 4 is 7.12 Å². The minimum Gasteiger partial charge on any atom is -0.427 e. The zero-order valence-corrected chi connectivity index (χ0v) is 10.7. The molecule has 5 heteroatoms. The molecule has 4 N–H and O–H groups in total. The average Bonchev–Trinajstić information content (AvgIpc) is 2.22. The number of hydrogen-bond acceptors (Lipinski definition) is 4. The predicted molar refractivity (Wildman–Crippen MR) is 69.2 cm³/mol. The summed E-state index contributed by atoms with van der Waals surface area (Å²) >= 11 is 0. The lowest BCUT2D eigenvalue weighted by molar-refractivity contribution is 0.314. The molecule has 4 nitrogen and oxygen atoms in total. The minimum absolute atomic E-state index is 0.246. The van der Waals surface area contributed by atoms with Crippen LogP contribution in [-0.2, 0) is 0 Å². The molecular weight excluding hydrogens is 203 g/mol. The van der Waals surface area contributed by atoms with Gasteiger partial charge in [0, 0.05) is 6.04 Å². The normalized spacial score (nSPS) is 13.1. The highest BCUT2D eigenvalue weighted by Gasteiger charge is 2.08. The van der Waals surface area contributed by atoms with Gasteiger partial charge in [0.05, 0.1) is 0 Å². The summed E-state index contributed by atoms with van der Waals surface area (Å²) in [5.41, 5.74) is 5.98. The van der Waals surface area contributed by atoms with E-state index in [1.807, 2.05) is 0 Å². The minimum atomic E-state index is -1.16. The molecule has 0 bridgehead atoms. The number of rotatable bonds is 10. The topological polar surface area (TPSA) is 69.7 Å². The first-order valence-electron chi connectivity index (χ1n) is 6.36. The van der Waals surface area contributed by atoms with E-state index in [2.05, 4.69) is 18.9 Å². The van der Waals surface area contributed by atoms with Gasteiger partial charge in [0.1, 0.15) is 0 Å². The Labute approximate surface area is 100.0 Å². The van der Waals surface area contributed by atoms with Crippen molar-refractivity contribution < 1.29 is 10.0 Å². The van der Waals surface area contributed by atoms with Crippen molar-refractivity contribution in [3.05, 3.63) is 0 Å². The number of nitrogens with two attached hydrogens (primary N) is 1. The summed E-state index contributed by atoms with van der Waals surface area (Å²) in [7, 11) is 0.963. The van der Waals surface area contributed by atoms with E-state index in [1.54, 1.807) is 0 Å². The van der Waals surface area contributed by atoms with Crippen LogP contribution in [0, 0.1) is 0 Å². The van der Waals surface area contributed by atoms with Gasteiger partial charge in [-0.25, -0.2) is 0 Å². The maximum Gasteiger partial charge on any atom is 0.451 e. The summed E-state index contributed by atoms with van der Waals surface area (Å²) in [5.74, 6) is 0. The molecule has 0 spiro atoms. The van der Waals surface area contributed by atoms with E-state index in [0.29, 0.717) is 6.32 Å². The molecule has 0 radical (unpaired) electrons. The Morgan fingerprint density at radius 2 is 1.88 bits per heavy atom. The SMILES string of the molecule is CCCN(C)CCC(N)CCCCB(O)O. The highest BCUT2D eigenvalue weighted by atomic mass is 16.4. The summed E-state index contributed by atoms with van der Waals surface area (Å²) in [4.78, 5) is 2.30. The summed E-state index contributed by atoms with van der Waals surface area (Å²) in [6.45, 7) is 4.36. The summed E-state index contributed by atoms with van der Waals surface area (Å²) < 4.78 is 0. The van der Waals surface area contributed by atoms with Crippen LogP contribution < -0.4 is 5.73 Å². The maximum atomic E-state index is 8.67. The summed E-state index contributed by atoms with van der Waals surface area (Å²) in [6.07, 6.45) is 5.47. The lowest BCUT2D eigenvalue weighted by Gasteiger charge is -2.18. The van der Waals surface area contributed by atoms with Crippen LogP contribution in [0.4, 0.5) is 0 Å². The Hall–Kier alpha value is -0.0951. The van der Waals surface area contributed by atoms with Crippen LogP contribution in [0.3, 0.4) is 0 Å². The number of hydrogen-bond donors (Lipinski definition) is 3. The molecule has 1 unspecified atom stereocenters. The van der Waals surface area contributed by atoms with Gasteiger partial charge in [-0.3, -0.25) is 0 Å². The molecule has 96 valence electrons. The van der Waals surface area contributed by atoms with Crippen LogP contribution in [0.5, 0.6) is 0 Å². The molecule has 0 aliphatic heterocycles. The fourth-order valence-electron chi connectivity index (χ4n) is 1.76. The molecule has 0 aliphatic rings. The average molecular weight is 230 g/mol. The van der Waals surface area contributed by atoms with Crippen LogP contribution in [0.25, 0.3) is 0 Å². The van der Waals surface area contributed by atoms with E-state index in [9.17, 15) is 0 Å². The van der Waals surface area contributed by atoms with Gasteiger partial charge in [-0.2, -0.15) is 0 Å². The van der Waals surface area contributed by atoms with Crippen LogP contribution in [0.15, 0.2) is 0 Å². The quantitative estimate of drug-likeness (QED) is 0.381. The second-order valence-corrected chi connectivity index (χ2v) is 4.62. The van der Waals surface area contributed by atoms with Crippen molar-refractivity contribution in [3.8, 4) is 0 Å². The number of nitrogens with zero attached hydrogens (tertiary/aromatic N) is 1. The van der Waals surface area contributed by atoms with E-state index in [4.69, 9.17) is 15.8 Å². The lowest BCUT2D eigenvalue weighted by atomic mass is 9.83. The molecule has 0 rings (SSSR count). The molecule has 0 saturated carbocycles. The zero-order chi connectivity index (χ0) is 12.4. The fraction of sp³-hybridized carbons (Fsp3) is 1.00. The van der Waals surface area contributed by atoms with E-state index in [-0.39, 0.29) is 6.04 Å². The van der Waals surface area contributed by atoms with E-state index < -0.39 is 7.12 Å². The van der Waals surface area contributed by atoms with Crippen LogP contribution in [0.1, 0.15) is 39.0 Å². The van der Waals surface area contributed by atoms with Crippen LogP contribution >= 0.6 is 0 Å². The molecule has 16 heavy (non-hydrogen) atoms. The monoisotopic (exact) mass is 230 g/mol. The third kappa shape index (κ3) is 10.4. The second kappa shape index (κ2) is 10.1. The summed E-state index contributed by atoms with van der Waals surface area (Å²) in [5, 5.41) is 17.3. The molecule has 1 atom stereocenters. The Balaban J connectivity index is 3.33. The molecule has 0 aromatic carbocycles. The maximum absolute atomic E-state index is 8.67. The van der Waals surface area contributed by atoms with Gasteiger partial charge in [-0.15, -0.1) is 0 Å². The molecule has 0 aromatic heterocycles. The fourth-order valence-corrected chi connectivity index (χ4v) is 1.76. The molecule has 0 fully saturated rings. The first-order chi connectivity index (χ1) is 7.56. The lowest BCUT2D eigenvalue weighted by Crippen LogP contribution is -2.28. The summed E-state index contributed by atoms with van der Waals surface area (Å²) in [6, 6.07) is 0.246. The van der Waals surface area contributed by atoms with Gasteiger partial charge < -0.3 is 20.7 Å². The van der Waals surface area contributed by atoms with Crippen molar-refractivity contribution in [2.24, 2.45) is 5.73 Å². The van der Waals surface area contributed by atoms with Crippen molar-refractivity contribution in [2.75, 3.05) is 20.1 Å². The van der Waals surface area contributed by atoms with E-state index >= 15 is 0 Å². The van der Waals surface area contributed by atoms with Crippen LogP contribution in [-0.4, -0.2) is 48.2 Å². The second-order valence-electron chi connectivity index (χ2n) is 4.62. The van der Waals surface area contributed by atoms with Crippen molar-refractivity contribution in [1.82, 2.24) is 4.90 Å². The molecule has 0 heterocycles. The van der Waals surface area contributed by atoms with Crippen molar-refractivity contribution in [3.63, 3.8) is 0 Å². The Kier molecular flexibility index (Phi) is 10.0. The van der Waals surface area contributed by atoms with Crippen molar-refractivity contribution in [2.45, 2.75) is 51.4 Å². The highest BCUT2D eigenvalue weighted by molar-refractivity contribution is 6.40. The Bertz CT molecular complexity index is 159. The van der Waals surface area contributed by atoms with Crippen molar-refractivity contribution in [1.29, 1.82) is 0 Å². The third-order valence-corrected chi connectivity index (χ3v) is 2.77. The van der Waals surface area contributed by atoms with Gasteiger partial charge >= 0.3 is 7.12 Å². The van der Waals surface area contributed by atoms with Gasteiger partial charge in [0.25, 0.3) is 0 Å². The Morgan fingerprint density at radius 3 is 2.44 bits per heavy atom. The Morgan fingerprint density at radius 1 is 1.19 bits per heavy atom. The van der Waals surface area contributed by atoms with Gasteiger partial charge in [-0.05, 0) is 45.7 Å². The molecule has 0 aromatic rings. The first-order valence-corrected chi connectivity index (χ1v) is 6.36. The molecule has 0 saturated heterocycles. The molecule has 0 amide bonds. The zero-order valence-electron chi connectivity index (χ0n) is 10.7. The number of unbranched alkanes of at least 4 members (excludes halogenated alkanes) is 1. The first kappa shape index (κ1) is 15.9. The van der Waals surface area contributed by atoms with E-state index in [1.165, 1.54) is 6.42 Å². The third-order valence-electron chi connectivity index (χ3n) is 2.77. The standard InChI is InChI=1S/C11H27BN2O2/c1-3-9-14(2)10-7-11(13)6-4-5-8-12(15)16/h11,15-16H,3-10,13H2,1-2H3.